The molecule has 0 saturated carbocycles. The van der Waals surface area contributed by atoms with Gasteiger partial charge in [0.25, 0.3) is 5.91 Å². The lowest BCUT2D eigenvalue weighted by atomic mass is 10.1. The van der Waals surface area contributed by atoms with Gasteiger partial charge >= 0.3 is 0 Å². The third-order valence-electron chi connectivity index (χ3n) is 3.36. The first-order chi connectivity index (χ1) is 10.4. The molecule has 1 fully saturated rings. The number of rotatable bonds is 4. The SMILES string of the molecule is CC(=O)c1ccc(Cl)c(Cl)c1OCC(=O)N1CCO[C@@H](C)C1. The molecule has 1 aromatic rings. The van der Waals surface area contributed by atoms with Gasteiger partial charge in [0, 0.05) is 13.1 Å². The lowest BCUT2D eigenvalue weighted by Gasteiger charge is -2.31. The van der Waals surface area contributed by atoms with Crippen molar-refractivity contribution in [2.75, 3.05) is 26.3 Å². The standard InChI is InChI=1S/C15H17Cl2NO4/c1-9-7-18(5-6-21-9)13(20)8-22-15-11(10(2)19)3-4-12(16)14(15)17/h3-4,9H,5-8H2,1-2H3/t9-/m0/s1. The zero-order valence-electron chi connectivity index (χ0n) is 12.4. The van der Waals surface area contributed by atoms with Gasteiger partial charge in [0.05, 0.1) is 23.3 Å². The minimum atomic E-state index is -0.207. The molecule has 22 heavy (non-hydrogen) atoms. The molecule has 120 valence electrons. The Morgan fingerprint density at radius 3 is 2.77 bits per heavy atom. The molecule has 0 aliphatic carbocycles. The lowest BCUT2D eigenvalue weighted by molar-refractivity contribution is -0.140. The number of ketones is 1. The van der Waals surface area contributed by atoms with Crippen LogP contribution in [0.5, 0.6) is 5.75 Å². The highest BCUT2D eigenvalue weighted by atomic mass is 35.5. The molecule has 0 N–H and O–H groups in total. The highest BCUT2D eigenvalue weighted by molar-refractivity contribution is 6.43. The molecule has 1 aliphatic heterocycles. The van der Waals surface area contributed by atoms with Crippen LogP contribution in [0, 0.1) is 0 Å². The summed E-state index contributed by atoms with van der Waals surface area (Å²) in [6.45, 7) is 4.65. The van der Waals surface area contributed by atoms with E-state index in [9.17, 15) is 9.59 Å². The van der Waals surface area contributed by atoms with Gasteiger partial charge in [0.15, 0.2) is 18.1 Å². The predicted molar refractivity (Wildman–Crippen MR) is 84.0 cm³/mol. The van der Waals surface area contributed by atoms with Gasteiger partial charge in [-0.2, -0.15) is 0 Å². The minimum Gasteiger partial charge on any atom is -0.481 e. The normalized spacial score (nSPS) is 18.2. The maximum absolute atomic E-state index is 12.2. The predicted octanol–water partition coefficient (Wildman–Crippen LogP) is 2.82. The first-order valence-corrected chi connectivity index (χ1v) is 7.67. The second kappa shape index (κ2) is 7.31. The zero-order valence-corrected chi connectivity index (χ0v) is 13.9. The molecule has 2 rings (SSSR count). The van der Waals surface area contributed by atoms with Crippen LogP contribution >= 0.6 is 23.2 Å². The molecule has 7 heteroatoms. The van der Waals surface area contributed by atoms with E-state index in [0.29, 0.717) is 25.3 Å². The number of amides is 1. The van der Waals surface area contributed by atoms with Gasteiger partial charge < -0.3 is 14.4 Å². The highest BCUT2D eigenvalue weighted by Crippen LogP contribution is 2.35. The molecule has 1 saturated heterocycles. The summed E-state index contributed by atoms with van der Waals surface area (Å²) in [4.78, 5) is 25.5. The second-order valence-corrected chi connectivity index (χ2v) is 5.89. The van der Waals surface area contributed by atoms with Crippen molar-refractivity contribution in [2.24, 2.45) is 0 Å². The third kappa shape index (κ3) is 3.91. The summed E-state index contributed by atoms with van der Waals surface area (Å²) in [5.74, 6) is -0.238. The fraction of sp³-hybridized carbons (Fsp3) is 0.467. The van der Waals surface area contributed by atoms with Crippen molar-refractivity contribution in [3.63, 3.8) is 0 Å². The van der Waals surface area contributed by atoms with Gasteiger partial charge in [-0.1, -0.05) is 23.2 Å². The summed E-state index contributed by atoms with van der Waals surface area (Å²) in [5, 5.41) is 0.409. The topological polar surface area (TPSA) is 55.8 Å². The van der Waals surface area contributed by atoms with E-state index < -0.39 is 0 Å². The number of morpholine rings is 1. The molecule has 0 aromatic heterocycles. The van der Waals surface area contributed by atoms with Crippen LogP contribution in [0.25, 0.3) is 0 Å². The van der Waals surface area contributed by atoms with E-state index in [1.54, 1.807) is 4.90 Å². The number of benzene rings is 1. The Labute approximate surface area is 139 Å². The van der Waals surface area contributed by atoms with Crippen LogP contribution in [0.2, 0.25) is 10.0 Å². The highest BCUT2D eigenvalue weighted by Gasteiger charge is 2.23. The molecule has 1 aromatic carbocycles. The van der Waals surface area contributed by atoms with Crippen molar-refractivity contribution >= 4 is 34.9 Å². The summed E-state index contributed by atoms with van der Waals surface area (Å²) in [7, 11) is 0. The largest absolute Gasteiger partial charge is 0.481 e. The first-order valence-electron chi connectivity index (χ1n) is 6.91. The third-order valence-corrected chi connectivity index (χ3v) is 4.15. The van der Waals surface area contributed by atoms with E-state index in [1.807, 2.05) is 6.92 Å². The summed E-state index contributed by atoms with van der Waals surface area (Å²) in [6, 6.07) is 3.06. The number of Topliss-reactive ketones (excluding diaryl/α,β-unsaturated/α-hetero) is 1. The van der Waals surface area contributed by atoms with Crippen LogP contribution in [0.15, 0.2) is 12.1 Å². The maximum Gasteiger partial charge on any atom is 0.260 e. The van der Waals surface area contributed by atoms with Crippen molar-refractivity contribution in [3.8, 4) is 5.75 Å². The Kier molecular flexibility index (Phi) is 5.67. The summed E-state index contributed by atoms with van der Waals surface area (Å²) < 4.78 is 10.9. The fourth-order valence-electron chi connectivity index (χ4n) is 2.22. The molecule has 5 nitrogen and oxygen atoms in total. The van der Waals surface area contributed by atoms with E-state index in [2.05, 4.69) is 0 Å². The molecular weight excluding hydrogens is 329 g/mol. The van der Waals surface area contributed by atoms with Crippen LogP contribution in [0.1, 0.15) is 24.2 Å². The molecule has 0 unspecified atom stereocenters. The Hall–Kier alpha value is -1.30. The van der Waals surface area contributed by atoms with Crippen LogP contribution in [0.4, 0.5) is 0 Å². The Balaban J connectivity index is 2.09. The van der Waals surface area contributed by atoms with Crippen LogP contribution in [0.3, 0.4) is 0 Å². The van der Waals surface area contributed by atoms with Crippen molar-refractivity contribution in [1.29, 1.82) is 0 Å². The molecule has 0 bridgehead atoms. The molecule has 1 atom stereocenters. The minimum absolute atomic E-state index is 0.000221. The monoisotopic (exact) mass is 345 g/mol. The number of hydrogen-bond acceptors (Lipinski definition) is 4. The van der Waals surface area contributed by atoms with Gasteiger partial charge in [-0.15, -0.1) is 0 Å². The lowest BCUT2D eigenvalue weighted by Crippen LogP contribution is -2.46. The molecule has 0 spiro atoms. The van der Waals surface area contributed by atoms with E-state index in [4.69, 9.17) is 32.7 Å². The van der Waals surface area contributed by atoms with Gasteiger partial charge in [0.1, 0.15) is 5.02 Å². The average molecular weight is 346 g/mol. The van der Waals surface area contributed by atoms with Gasteiger partial charge in [-0.3, -0.25) is 9.59 Å². The molecule has 0 radical (unpaired) electrons. The number of hydrogen-bond donors (Lipinski definition) is 0. The fourth-order valence-corrected chi connectivity index (χ4v) is 2.59. The van der Waals surface area contributed by atoms with Crippen LogP contribution in [-0.4, -0.2) is 49.0 Å². The van der Waals surface area contributed by atoms with Crippen molar-refractivity contribution in [2.45, 2.75) is 20.0 Å². The van der Waals surface area contributed by atoms with Crippen molar-refractivity contribution in [1.82, 2.24) is 4.90 Å². The van der Waals surface area contributed by atoms with Crippen molar-refractivity contribution in [3.05, 3.63) is 27.7 Å². The van der Waals surface area contributed by atoms with E-state index in [-0.39, 0.29) is 40.2 Å². The summed E-state index contributed by atoms with van der Waals surface area (Å²) >= 11 is 12.0. The molecule has 1 aliphatic rings. The molecular formula is C15H17Cl2NO4. The number of carbonyl (C=O) groups is 2. The maximum atomic E-state index is 12.2. The Morgan fingerprint density at radius 2 is 2.14 bits per heavy atom. The average Bonchev–Trinajstić information content (AvgIpc) is 2.48. The van der Waals surface area contributed by atoms with E-state index in [0.717, 1.165) is 0 Å². The summed E-state index contributed by atoms with van der Waals surface area (Å²) in [5.41, 5.74) is 0.303. The number of ether oxygens (including phenoxy) is 2. The Morgan fingerprint density at radius 1 is 1.41 bits per heavy atom. The van der Waals surface area contributed by atoms with Gasteiger partial charge in [-0.25, -0.2) is 0 Å². The van der Waals surface area contributed by atoms with E-state index >= 15 is 0 Å². The number of carbonyl (C=O) groups excluding carboxylic acids is 2. The van der Waals surface area contributed by atoms with Gasteiger partial charge in [0.2, 0.25) is 0 Å². The smallest absolute Gasteiger partial charge is 0.260 e. The molecule has 1 amide bonds. The molecule has 1 heterocycles. The van der Waals surface area contributed by atoms with Gasteiger partial charge in [-0.05, 0) is 26.0 Å². The Bertz CT molecular complexity index is 591. The number of nitrogens with zero attached hydrogens (tertiary/aromatic N) is 1. The van der Waals surface area contributed by atoms with Crippen LogP contribution < -0.4 is 4.74 Å². The summed E-state index contributed by atoms with van der Waals surface area (Å²) in [6.07, 6.45) is 0.000221. The second-order valence-electron chi connectivity index (χ2n) is 5.10. The number of halogens is 2. The quantitative estimate of drug-likeness (QED) is 0.787. The van der Waals surface area contributed by atoms with E-state index in [1.165, 1.54) is 19.1 Å². The van der Waals surface area contributed by atoms with Crippen LogP contribution in [-0.2, 0) is 9.53 Å². The first kappa shape index (κ1) is 17.1. The zero-order chi connectivity index (χ0) is 16.3. The van der Waals surface area contributed by atoms with Crippen molar-refractivity contribution < 1.29 is 19.1 Å².